The molecule has 31 heavy (non-hydrogen) atoms. The number of ether oxygens (including phenoxy) is 1. The maximum Gasteiger partial charge on any atom is 0.228 e. The van der Waals surface area contributed by atoms with Crippen molar-refractivity contribution in [1.29, 1.82) is 0 Å². The van der Waals surface area contributed by atoms with Gasteiger partial charge in [-0.1, -0.05) is 48.5 Å². The normalized spacial score (nSPS) is 11.2. The lowest BCUT2D eigenvalue weighted by atomic mass is 10.0. The van der Waals surface area contributed by atoms with Gasteiger partial charge in [-0.05, 0) is 36.8 Å². The van der Waals surface area contributed by atoms with Crippen molar-refractivity contribution >= 4 is 28.6 Å². The largest absolute Gasteiger partial charge is 0.507 e. The first-order valence-electron chi connectivity index (χ1n) is 9.70. The molecule has 0 fully saturated rings. The number of aromatic hydroxyl groups is 1. The van der Waals surface area contributed by atoms with Gasteiger partial charge in [0.1, 0.15) is 17.1 Å². The fraction of sp³-hybridized carbons (Fsp3) is 0.0769. The Morgan fingerprint density at radius 3 is 2.39 bits per heavy atom. The van der Waals surface area contributed by atoms with Crippen LogP contribution in [-0.2, 0) is 0 Å². The van der Waals surface area contributed by atoms with E-state index in [0.29, 0.717) is 22.1 Å². The number of rotatable bonds is 6. The van der Waals surface area contributed by atoms with Gasteiger partial charge in [0.25, 0.3) is 0 Å². The molecule has 0 saturated heterocycles. The molecule has 4 aromatic rings. The molecule has 0 saturated carbocycles. The molecular formula is C26H20O5. The highest BCUT2D eigenvalue weighted by atomic mass is 16.5. The van der Waals surface area contributed by atoms with Gasteiger partial charge in [0.05, 0.1) is 12.7 Å². The fourth-order valence-corrected chi connectivity index (χ4v) is 3.37. The highest BCUT2D eigenvalue weighted by molar-refractivity contribution is 6.13. The third kappa shape index (κ3) is 3.98. The molecule has 4 rings (SSSR count). The van der Waals surface area contributed by atoms with E-state index < -0.39 is 0 Å². The van der Waals surface area contributed by atoms with Crippen molar-refractivity contribution in [3.8, 4) is 11.5 Å². The van der Waals surface area contributed by atoms with Crippen LogP contribution in [-0.4, -0.2) is 23.8 Å². The number of methoxy groups -OCH3 is 1. The number of phenolic OH excluding ortho intramolecular Hbond substituents is 1. The van der Waals surface area contributed by atoms with Gasteiger partial charge in [0.2, 0.25) is 5.78 Å². The summed E-state index contributed by atoms with van der Waals surface area (Å²) in [6.07, 6.45) is 3.06. The lowest BCUT2D eigenvalue weighted by molar-refractivity contribution is 0.101. The van der Waals surface area contributed by atoms with Crippen molar-refractivity contribution in [3.63, 3.8) is 0 Å². The molecule has 0 spiro atoms. The molecule has 1 aromatic heterocycles. The molecule has 0 aliphatic heterocycles. The SMILES string of the molecule is COc1ccc(/C=C/C(=O)c2cc3c(C)c(C(=O)c4ccccc4)oc3cc2O)cc1. The molecule has 1 heterocycles. The number of furan rings is 1. The number of hydrogen-bond donors (Lipinski definition) is 1. The van der Waals surface area contributed by atoms with Crippen LogP contribution in [0.15, 0.2) is 77.2 Å². The molecule has 0 atom stereocenters. The Labute approximate surface area is 179 Å². The van der Waals surface area contributed by atoms with E-state index in [1.165, 1.54) is 12.1 Å². The Balaban J connectivity index is 1.66. The smallest absolute Gasteiger partial charge is 0.228 e. The van der Waals surface area contributed by atoms with Crippen molar-refractivity contribution in [2.24, 2.45) is 0 Å². The quantitative estimate of drug-likeness (QED) is 0.330. The first-order valence-corrected chi connectivity index (χ1v) is 9.70. The molecule has 0 bridgehead atoms. The standard InChI is InChI=1S/C26H20O5/c1-16-20-14-21(22(27)13-10-17-8-11-19(30-2)12-9-17)23(28)15-24(20)31-26(16)25(29)18-6-4-3-5-7-18/h3-15,28H,1-2H3/b13-10+. The number of carbonyl (C=O) groups excluding carboxylic acids is 2. The van der Waals surface area contributed by atoms with Crippen molar-refractivity contribution in [1.82, 2.24) is 0 Å². The second-order valence-corrected chi connectivity index (χ2v) is 7.09. The monoisotopic (exact) mass is 412 g/mol. The van der Waals surface area contributed by atoms with Crippen LogP contribution >= 0.6 is 0 Å². The predicted molar refractivity (Wildman–Crippen MR) is 119 cm³/mol. The Kier molecular flexibility index (Phi) is 5.41. The minimum absolute atomic E-state index is 0.139. The number of phenols is 1. The van der Waals surface area contributed by atoms with Crippen LogP contribution < -0.4 is 4.74 Å². The van der Waals surface area contributed by atoms with Crippen LogP contribution in [0.5, 0.6) is 11.5 Å². The predicted octanol–water partition coefficient (Wildman–Crippen LogP) is 5.58. The molecule has 5 nitrogen and oxygen atoms in total. The number of benzene rings is 3. The zero-order valence-corrected chi connectivity index (χ0v) is 17.1. The molecule has 3 aromatic carbocycles. The van der Waals surface area contributed by atoms with E-state index in [0.717, 1.165) is 11.3 Å². The highest BCUT2D eigenvalue weighted by Gasteiger charge is 2.21. The summed E-state index contributed by atoms with van der Waals surface area (Å²) in [6, 6.07) is 19.0. The van der Waals surface area contributed by atoms with Gasteiger partial charge in [-0.3, -0.25) is 9.59 Å². The van der Waals surface area contributed by atoms with Gasteiger partial charge in [-0.15, -0.1) is 0 Å². The highest BCUT2D eigenvalue weighted by Crippen LogP contribution is 2.32. The minimum atomic E-state index is -0.355. The van der Waals surface area contributed by atoms with Crippen LogP contribution in [0.1, 0.15) is 37.6 Å². The van der Waals surface area contributed by atoms with Gasteiger partial charge in [0, 0.05) is 22.6 Å². The summed E-state index contributed by atoms with van der Waals surface area (Å²) in [4.78, 5) is 25.5. The van der Waals surface area contributed by atoms with Crippen molar-refractivity contribution in [2.75, 3.05) is 7.11 Å². The average molecular weight is 412 g/mol. The van der Waals surface area contributed by atoms with Crippen molar-refractivity contribution < 1.29 is 23.8 Å². The molecule has 1 N–H and O–H groups in total. The second-order valence-electron chi connectivity index (χ2n) is 7.09. The van der Waals surface area contributed by atoms with Crippen LogP contribution in [0.2, 0.25) is 0 Å². The summed E-state index contributed by atoms with van der Waals surface area (Å²) in [6.45, 7) is 1.76. The van der Waals surface area contributed by atoms with Gasteiger partial charge in [-0.25, -0.2) is 0 Å². The first kappa shape index (κ1) is 20.2. The third-order valence-electron chi connectivity index (χ3n) is 5.11. The van der Waals surface area contributed by atoms with E-state index in [2.05, 4.69) is 0 Å². The van der Waals surface area contributed by atoms with E-state index in [4.69, 9.17) is 9.15 Å². The second kappa shape index (κ2) is 8.32. The lowest BCUT2D eigenvalue weighted by Crippen LogP contribution is -2.00. The average Bonchev–Trinajstić information content (AvgIpc) is 3.12. The number of aryl methyl sites for hydroxylation is 1. The molecule has 0 aliphatic carbocycles. The minimum Gasteiger partial charge on any atom is -0.507 e. The van der Waals surface area contributed by atoms with Gasteiger partial charge in [0.15, 0.2) is 11.5 Å². The molecule has 154 valence electrons. The fourth-order valence-electron chi connectivity index (χ4n) is 3.37. The Morgan fingerprint density at radius 1 is 1.00 bits per heavy atom. The van der Waals surface area contributed by atoms with Crippen molar-refractivity contribution in [2.45, 2.75) is 6.92 Å². The maximum absolute atomic E-state index is 12.8. The number of ketones is 2. The lowest BCUT2D eigenvalue weighted by Gasteiger charge is -2.02. The number of hydrogen-bond acceptors (Lipinski definition) is 5. The zero-order chi connectivity index (χ0) is 22.0. The molecule has 0 amide bonds. The van der Waals surface area contributed by atoms with Crippen LogP contribution in [0.3, 0.4) is 0 Å². The number of fused-ring (bicyclic) bond motifs is 1. The van der Waals surface area contributed by atoms with Crippen LogP contribution in [0, 0.1) is 6.92 Å². The van der Waals surface area contributed by atoms with E-state index >= 15 is 0 Å². The summed E-state index contributed by atoms with van der Waals surface area (Å²) in [5, 5.41) is 11.0. The van der Waals surface area contributed by atoms with Gasteiger partial charge >= 0.3 is 0 Å². The van der Waals surface area contributed by atoms with Gasteiger partial charge < -0.3 is 14.3 Å². The third-order valence-corrected chi connectivity index (χ3v) is 5.11. The summed E-state index contributed by atoms with van der Waals surface area (Å²) in [5.74, 6) is 0.110. The van der Waals surface area contributed by atoms with E-state index in [1.807, 2.05) is 18.2 Å². The Hall–Kier alpha value is -4.12. The van der Waals surface area contributed by atoms with Crippen molar-refractivity contribution in [3.05, 3.63) is 101 Å². The summed E-state index contributed by atoms with van der Waals surface area (Å²) in [7, 11) is 1.59. The van der Waals surface area contributed by atoms with Crippen LogP contribution in [0.4, 0.5) is 0 Å². The topological polar surface area (TPSA) is 76.7 Å². The van der Waals surface area contributed by atoms with Gasteiger partial charge in [-0.2, -0.15) is 0 Å². The summed E-state index contributed by atoms with van der Waals surface area (Å²) < 4.78 is 10.9. The summed E-state index contributed by atoms with van der Waals surface area (Å²) in [5.41, 5.74) is 2.44. The number of carbonyl (C=O) groups is 2. The van der Waals surface area contributed by atoms with E-state index in [1.54, 1.807) is 62.6 Å². The Bertz CT molecular complexity index is 1300. The van der Waals surface area contributed by atoms with E-state index in [9.17, 15) is 14.7 Å². The molecule has 0 unspecified atom stereocenters. The van der Waals surface area contributed by atoms with Crippen LogP contribution in [0.25, 0.3) is 17.0 Å². The molecular weight excluding hydrogens is 392 g/mol. The molecule has 0 aliphatic rings. The summed E-state index contributed by atoms with van der Waals surface area (Å²) >= 11 is 0. The van der Waals surface area contributed by atoms with E-state index in [-0.39, 0.29) is 28.6 Å². The zero-order valence-electron chi connectivity index (χ0n) is 17.1. The Morgan fingerprint density at radius 2 is 1.71 bits per heavy atom. The molecule has 0 radical (unpaired) electrons. The molecule has 5 heteroatoms. The first-order chi connectivity index (χ1) is 15.0. The maximum atomic E-state index is 12.8. The number of allylic oxidation sites excluding steroid dienone is 1.